The number of esters is 3. The van der Waals surface area contributed by atoms with E-state index in [1.807, 2.05) is 105 Å². The van der Waals surface area contributed by atoms with Gasteiger partial charge in [0, 0.05) is 25.3 Å². The fraction of sp³-hybridized carbons (Fsp3) is 0.365. The second-order valence-corrected chi connectivity index (χ2v) is 18.9. The summed E-state index contributed by atoms with van der Waals surface area (Å²) in [6.07, 6.45) is -9.28. The average molecular weight is 1100 g/mol. The lowest BCUT2D eigenvalue weighted by Gasteiger charge is -2.39. The molecule has 424 valence electrons. The first kappa shape index (κ1) is 60.3. The van der Waals surface area contributed by atoms with Crippen LogP contribution in [-0.4, -0.2) is 129 Å². The highest BCUT2D eigenvalue weighted by Crippen LogP contribution is 2.30. The number of ether oxygens (including phenoxy) is 11. The molecule has 0 radical (unpaired) electrons. The van der Waals surface area contributed by atoms with Crippen molar-refractivity contribution in [2.45, 2.75) is 102 Å². The van der Waals surface area contributed by atoms with E-state index in [0.717, 1.165) is 23.1 Å². The molecule has 80 heavy (non-hydrogen) atoms. The van der Waals surface area contributed by atoms with Gasteiger partial charge in [-0.2, -0.15) is 0 Å². The summed E-state index contributed by atoms with van der Waals surface area (Å²) in [4.78, 5) is 56.7. The normalized spacial score (nSPS) is 17.4. The van der Waals surface area contributed by atoms with Gasteiger partial charge in [-0.25, -0.2) is 19.2 Å². The number of hydrogen-bond acceptors (Lipinski definition) is 16. The Morgan fingerprint density at radius 1 is 0.613 bits per heavy atom. The lowest BCUT2D eigenvalue weighted by molar-refractivity contribution is -0.320. The minimum Gasteiger partial charge on any atom is -0.458 e. The minimum atomic E-state index is -1.56. The molecular formula is C63H71NO16. The number of unbranched alkanes of at least 4 members (excludes halogenated alkanes) is 1. The van der Waals surface area contributed by atoms with Gasteiger partial charge in [0.2, 0.25) is 0 Å². The molecule has 17 heteroatoms. The maximum Gasteiger partial charge on any atom is 0.410 e. The number of aliphatic hydroxyl groups is 1. The molecule has 1 heterocycles. The fourth-order valence-corrected chi connectivity index (χ4v) is 8.24. The van der Waals surface area contributed by atoms with Crippen LogP contribution >= 0.6 is 0 Å². The van der Waals surface area contributed by atoms with Crippen molar-refractivity contribution < 1.29 is 76.4 Å². The summed E-state index contributed by atoms with van der Waals surface area (Å²) in [5.41, 5.74) is 3.07. The Morgan fingerprint density at radius 2 is 1.15 bits per heavy atom. The number of aliphatic hydroxyl groups excluding tert-OH is 1. The second-order valence-electron chi connectivity index (χ2n) is 18.9. The first-order chi connectivity index (χ1) is 39.1. The zero-order chi connectivity index (χ0) is 56.3. The van der Waals surface area contributed by atoms with Crippen molar-refractivity contribution in [3.8, 4) is 0 Å². The molecule has 3 unspecified atom stereocenters. The Morgan fingerprint density at radius 3 is 1.71 bits per heavy atom. The number of carbonyl (C=O) groups is 4. The van der Waals surface area contributed by atoms with Gasteiger partial charge in [0.15, 0.2) is 31.1 Å². The lowest BCUT2D eigenvalue weighted by Crippen LogP contribution is -2.51. The molecule has 1 aliphatic heterocycles. The summed E-state index contributed by atoms with van der Waals surface area (Å²) in [7, 11) is 0. The van der Waals surface area contributed by atoms with Gasteiger partial charge in [-0.15, -0.1) is 0 Å². The molecule has 0 aromatic heterocycles. The Bertz CT molecular complexity index is 2730. The zero-order valence-electron chi connectivity index (χ0n) is 45.3. The van der Waals surface area contributed by atoms with E-state index >= 15 is 0 Å². The third kappa shape index (κ3) is 19.2. The van der Waals surface area contributed by atoms with Crippen LogP contribution < -0.4 is 0 Å². The highest BCUT2D eigenvalue weighted by Gasteiger charge is 2.40. The molecule has 0 saturated carbocycles. The average Bonchev–Trinajstić information content (AvgIpc) is 3.50. The van der Waals surface area contributed by atoms with Crippen LogP contribution in [0, 0.1) is 0 Å². The summed E-state index contributed by atoms with van der Waals surface area (Å²) in [6.45, 7) is 4.32. The zero-order valence-corrected chi connectivity index (χ0v) is 45.3. The van der Waals surface area contributed by atoms with Gasteiger partial charge in [-0.05, 0) is 67.8 Å². The molecule has 6 aromatic rings. The van der Waals surface area contributed by atoms with Crippen LogP contribution in [-0.2, 0) is 65.3 Å². The monoisotopic (exact) mass is 1100 g/mol. The number of nitrogens with zero attached hydrogens (tertiary/aromatic N) is 1. The molecule has 1 N–H and O–H groups in total. The maximum absolute atomic E-state index is 14.1. The Kier molecular flexibility index (Phi) is 24.6. The molecule has 0 bridgehead atoms. The summed E-state index contributed by atoms with van der Waals surface area (Å²) in [6, 6.07) is 52.9. The van der Waals surface area contributed by atoms with E-state index in [2.05, 4.69) is 0 Å². The molecule has 1 aliphatic rings. The molecule has 17 nitrogen and oxygen atoms in total. The number of hydrogen-bond donors (Lipinski definition) is 1. The van der Waals surface area contributed by atoms with Crippen LogP contribution in [0.15, 0.2) is 182 Å². The van der Waals surface area contributed by atoms with Gasteiger partial charge in [-0.1, -0.05) is 159 Å². The molecule has 1 fully saturated rings. The first-order valence-corrected chi connectivity index (χ1v) is 26.9. The van der Waals surface area contributed by atoms with Crippen molar-refractivity contribution in [2.75, 3.05) is 46.2 Å². The van der Waals surface area contributed by atoms with Gasteiger partial charge >= 0.3 is 24.0 Å². The smallest absolute Gasteiger partial charge is 0.410 e. The number of carbonyl (C=O) groups excluding carboxylic acids is 4. The Hall–Kier alpha value is -7.32. The van der Waals surface area contributed by atoms with E-state index < -0.39 is 92.7 Å². The van der Waals surface area contributed by atoms with Gasteiger partial charge in [-0.3, -0.25) is 0 Å². The highest BCUT2D eigenvalue weighted by atomic mass is 16.8. The molecule has 7 rings (SSSR count). The topological polar surface area (TPSA) is 193 Å². The first-order valence-electron chi connectivity index (χ1n) is 26.9. The van der Waals surface area contributed by atoms with E-state index in [4.69, 9.17) is 52.1 Å². The van der Waals surface area contributed by atoms with Crippen LogP contribution in [0.25, 0.3) is 0 Å². The third-order valence-electron chi connectivity index (χ3n) is 12.8. The minimum absolute atomic E-state index is 0.0145. The predicted octanol–water partition coefficient (Wildman–Crippen LogP) is 9.92. The van der Waals surface area contributed by atoms with Crippen LogP contribution in [0.3, 0.4) is 0 Å². The third-order valence-corrected chi connectivity index (χ3v) is 12.8. The summed E-state index contributed by atoms with van der Waals surface area (Å²) in [5, 5.41) is 11.0. The summed E-state index contributed by atoms with van der Waals surface area (Å²) < 4.78 is 69.2. The van der Waals surface area contributed by atoms with E-state index in [0.29, 0.717) is 13.0 Å². The summed E-state index contributed by atoms with van der Waals surface area (Å²) in [5.74, 6) is -2.24. The Balaban J connectivity index is 1.20. The number of benzene rings is 6. The van der Waals surface area contributed by atoms with Gasteiger partial charge in [0.25, 0.3) is 0 Å². The highest BCUT2D eigenvalue weighted by molar-refractivity contribution is 5.90. The molecule has 0 spiro atoms. The van der Waals surface area contributed by atoms with Crippen LogP contribution in [0.5, 0.6) is 0 Å². The lowest BCUT2D eigenvalue weighted by atomic mass is 10.1. The standard InChI is InChI=1S/C63H71NO16/c1-4-5-37-70-42-54(45(2)76-62(53(40-65)77-58(67)50-30-18-9-19-31-50)80-55-43-73-60(75-46(55)3)52-34-22-11-23-35-52)79-61(56(78-59(68)51-32-20-10-21-33-51)44-72-57(66)49-28-16-8-17-29-49)71-38-36-64(39-47-24-12-6-13-25-47)63(69)74-41-48-26-14-7-15-27-48/h6-35,45-46,53-56,60-62,65H,4-5,36-44H2,1-3H3/t45-,46-,53-,54?,55?,56-,60?,61+,62+/m0/s1. The molecule has 0 aliphatic carbocycles. The fourth-order valence-electron chi connectivity index (χ4n) is 8.24. The van der Waals surface area contributed by atoms with Crippen molar-refractivity contribution in [3.63, 3.8) is 0 Å². The van der Waals surface area contributed by atoms with Gasteiger partial charge in [0.05, 0.1) is 55.3 Å². The Labute approximate surface area is 467 Å². The van der Waals surface area contributed by atoms with Crippen molar-refractivity contribution in [2.24, 2.45) is 0 Å². The van der Waals surface area contributed by atoms with Crippen molar-refractivity contribution in [3.05, 3.63) is 215 Å². The SMILES string of the molecule is CCCCOCC(O[C@@H](OCCN(Cc1ccccc1)C(=O)OCc1ccccc1)[C@H](COC(=O)c1ccccc1)OC(=O)c1ccccc1)[C@H](C)O[C@H](OC1COC(c2ccccc2)O[C@H]1C)[C@H](CO)OC(=O)c1ccccc1. The van der Waals surface area contributed by atoms with Crippen molar-refractivity contribution in [1.29, 1.82) is 0 Å². The predicted molar refractivity (Wildman–Crippen MR) is 294 cm³/mol. The van der Waals surface area contributed by atoms with Crippen molar-refractivity contribution in [1.82, 2.24) is 4.90 Å². The molecule has 1 saturated heterocycles. The van der Waals surface area contributed by atoms with Crippen molar-refractivity contribution >= 4 is 24.0 Å². The van der Waals surface area contributed by atoms with Crippen LogP contribution in [0.1, 0.15) is 87.7 Å². The molecule has 1 amide bonds. The van der Waals surface area contributed by atoms with E-state index in [1.54, 1.807) is 97.9 Å². The van der Waals surface area contributed by atoms with E-state index in [1.165, 1.54) is 4.90 Å². The molecule has 9 atom stereocenters. The number of amides is 1. The van der Waals surface area contributed by atoms with Gasteiger partial charge < -0.3 is 62.1 Å². The van der Waals surface area contributed by atoms with Crippen LogP contribution in [0.4, 0.5) is 4.79 Å². The number of rotatable bonds is 31. The second kappa shape index (κ2) is 32.7. The maximum atomic E-state index is 14.1. The molecular weight excluding hydrogens is 1030 g/mol. The van der Waals surface area contributed by atoms with E-state index in [-0.39, 0.29) is 56.2 Å². The summed E-state index contributed by atoms with van der Waals surface area (Å²) >= 11 is 0. The quantitative estimate of drug-likeness (QED) is 0.0187. The largest absolute Gasteiger partial charge is 0.458 e. The van der Waals surface area contributed by atoms with E-state index in [9.17, 15) is 24.3 Å². The molecule has 6 aromatic carbocycles. The van der Waals surface area contributed by atoms with Gasteiger partial charge in [0.1, 0.15) is 25.4 Å². The van der Waals surface area contributed by atoms with Crippen LogP contribution in [0.2, 0.25) is 0 Å².